The Hall–Kier alpha value is 2.20. The fourth-order valence-corrected chi connectivity index (χ4v) is 10.6. The lowest BCUT2D eigenvalue weighted by Gasteiger charge is -2.06. The van der Waals surface area contributed by atoms with Crippen molar-refractivity contribution >= 4 is 130 Å². The largest absolute Gasteiger partial charge is 0.464 e. The molecule has 0 bridgehead atoms. The lowest BCUT2D eigenvalue weighted by molar-refractivity contribution is -0.285. The van der Waals surface area contributed by atoms with Gasteiger partial charge in [0.25, 0.3) is 0 Å². The second-order valence-electron chi connectivity index (χ2n) is 7.15. The molecule has 43 heavy (non-hydrogen) atoms. The lowest BCUT2D eigenvalue weighted by Crippen LogP contribution is -2.10. The van der Waals surface area contributed by atoms with Crippen LogP contribution in [0.4, 0.5) is 0 Å². The number of aliphatic hydroxyl groups excluding tert-OH is 2. The summed E-state index contributed by atoms with van der Waals surface area (Å²) in [6.07, 6.45) is 0. The summed E-state index contributed by atoms with van der Waals surface area (Å²) in [6.45, 7) is 2.31. The third kappa shape index (κ3) is 40.3. The Balaban J connectivity index is 3.19. The van der Waals surface area contributed by atoms with Gasteiger partial charge in [-0.15, -0.1) is 94.1 Å². The minimum Gasteiger partial charge on any atom is -0.464 e. The summed E-state index contributed by atoms with van der Waals surface area (Å²) in [7, 11) is 0. The normalized spacial score (nSPS) is 11.2. The summed E-state index contributed by atoms with van der Waals surface area (Å²) in [5, 5.41) is 21.6. The fraction of sp³-hybridized carbons (Fsp3) is 0.913. The molecule has 0 fully saturated rings. The lowest BCUT2D eigenvalue weighted by atomic mass is 10.8. The Morgan fingerprint density at radius 2 is 0.860 bits per heavy atom. The van der Waals surface area contributed by atoms with Gasteiger partial charge in [-0.1, -0.05) is 0 Å². The van der Waals surface area contributed by atoms with Gasteiger partial charge in [-0.25, -0.2) is 19.6 Å². The van der Waals surface area contributed by atoms with Gasteiger partial charge < -0.3 is 19.7 Å². The number of carbonyl (C=O) groups is 2. The minimum atomic E-state index is -0.199. The zero-order valence-corrected chi connectivity index (χ0v) is 32.3. The molecule has 0 saturated heterocycles. The Morgan fingerprint density at radius 3 is 1.44 bits per heavy atom. The summed E-state index contributed by atoms with van der Waals surface area (Å²) in [5.74, 6) is 5.67. The van der Waals surface area contributed by atoms with Gasteiger partial charge in [0, 0.05) is 59.9 Å². The van der Waals surface area contributed by atoms with E-state index < -0.39 is 0 Å². The molecule has 0 radical (unpaired) electrons. The molecule has 0 aliphatic carbocycles. The number of rotatable bonds is 36. The van der Waals surface area contributed by atoms with Gasteiger partial charge in [-0.05, 0) is 0 Å². The zero-order valence-electron chi connectivity index (χ0n) is 24.1. The summed E-state index contributed by atoms with van der Waals surface area (Å²) in [6, 6.07) is 0. The molecule has 0 spiro atoms. The molecule has 0 aromatic rings. The van der Waals surface area contributed by atoms with E-state index in [2.05, 4.69) is 0 Å². The third-order valence-electron chi connectivity index (χ3n) is 3.77. The van der Waals surface area contributed by atoms with Gasteiger partial charge in [0.2, 0.25) is 0 Å². The standard InChI is InChI=1S/C23H44O10S10/c24-1-7-34-9-3-28-22(26)13-38-19-42-18-37-12-6-32-33-16-41-21-40-15-29-23(27)14-39-20-43-17-36-11-5-31-30-4-10-35-8-2-25/h24-25H,1-21H2. The first kappa shape index (κ1) is 45.2. The molecule has 0 aromatic carbocycles. The van der Waals surface area contributed by atoms with E-state index in [1.54, 1.807) is 106 Å². The van der Waals surface area contributed by atoms with E-state index in [0.717, 1.165) is 48.4 Å². The number of ether oxygens (including phenoxy) is 2. The van der Waals surface area contributed by atoms with Crippen molar-refractivity contribution in [2.24, 2.45) is 0 Å². The number of aliphatic hydroxyl groups is 2. The first-order valence-corrected chi connectivity index (χ1v) is 24.5. The molecule has 0 amide bonds. The Labute approximate surface area is 298 Å². The summed E-state index contributed by atoms with van der Waals surface area (Å²) < 4.78 is 10.3. The highest BCUT2D eigenvalue weighted by Crippen LogP contribution is 2.19. The highest BCUT2D eigenvalue weighted by atomic mass is 32.2. The molecule has 0 aromatic heterocycles. The third-order valence-corrected chi connectivity index (χ3v) is 14.6. The van der Waals surface area contributed by atoms with Crippen LogP contribution in [0.3, 0.4) is 0 Å². The van der Waals surface area contributed by atoms with Crippen LogP contribution in [-0.2, 0) is 38.6 Å². The van der Waals surface area contributed by atoms with E-state index in [4.69, 9.17) is 39.2 Å². The average molecular weight is 801 g/mol. The molecule has 2 N–H and O–H groups in total. The Kier molecular flexibility index (Phi) is 42.4. The maximum atomic E-state index is 11.8. The predicted octanol–water partition coefficient (Wildman–Crippen LogP) is 4.99. The van der Waals surface area contributed by atoms with Crippen LogP contribution < -0.4 is 0 Å². The number of carbonyl (C=O) groups excluding carboxylic acids is 2. The monoisotopic (exact) mass is 800 g/mol. The molecule has 0 aliphatic rings. The van der Waals surface area contributed by atoms with Gasteiger partial charge in [0.05, 0.1) is 44.5 Å². The molecule has 0 rings (SSSR count). The molecule has 20 heteroatoms. The number of hydrogen-bond donors (Lipinski definition) is 2. The quantitative estimate of drug-likeness (QED) is 0.0290. The van der Waals surface area contributed by atoms with E-state index in [1.165, 1.54) is 11.8 Å². The second kappa shape index (κ2) is 40.4. The van der Waals surface area contributed by atoms with Crippen LogP contribution in [0.1, 0.15) is 0 Å². The molecule has 0 aliphatic heterocycles. The molecule has 0 saturated carbocycles. The Morgan fingerprint density at radius 1 is 0.419 bits per heavy atom. The van der Waals surface area contributed by atoms with Gasteiger partial charge in [-0.3, -0.25) is 9.59 Å². The molecular weight excluding hydrogens is 757 g/mol. The van der Waals surface area contributed by atoms with Crippen molar-refractivity contribution in [2.45, 2.75) is 0 Å². The number of esters is 2. The van der Waals surface area contributed by atoms with Crippen molar-refractivity contribution in [1.82, 2.24) is 0 Å². The van der Waals surface area contributed by atoms with Gasteiger partial charge in [0.15, 0.2) is 0 Å². The maximum Gasteiger partial charge on any atom is 0.316 e. The minimum absolute atomic E-state index is 0.147. The van der Waals surface area contributed by atoms with Crippen molar-refractivity contribution in [3.8, 4) is 0 Å². The van der Waals surface area contributed by atoms with E-state index in [9.17, 15) is 9.59 Å². The van der Waals surface area contributed by atoms with Crippen molar-refractivity contribution in [3.63, 3.8) is 0 Å². The SMILES string of the molecule is O=C(CSCSCSCCOOCSCSCOC(=O)CSCSCSCCOOCCSCCO)OCCSCCO. The first-order valence-electron chi connectivity index (χ1n) is 13.0. The van der Waals surface area contributed by atoms with Crippen LogP contribution in [0.25, 0.3) is 0 Å². The first-order chi connectivity index (χ1) is 21.2. The van der Waals surface area contributed by atoms with Crippen molar-refractivity contribution in [3.05, 3.63) is 0 Å². The number of thioether (sulfide) groups is 10. The topological polar surface area (TPSA) is 130 Å². The highest BCUT2D eigenvalue weighted by molar-refractivity contribution is 8.23. The maximum absolute atomic E-state index is 11.8. The summed E-state index contributed by atoms with van der Waals surface area (Å²) >= 11 is 16.4. The van der Waals surface area contributed by atoms with Crippen molar-refractivity contribution in [2.75, 3.05) is 123 Å². The molecular formula is C23H44O10S10. The van der Waals surface area contributed by atoms with Crippen LogP contribution in [0.15, 0.2) is 0 Å². The van der Waals surface area contributed by atoms with Crippen molar-refractivity contribution in [1.29, 1.82) is 0 Å². The summed E-state index contributed by atoms with van der Waals surface area (Å²) in [5.41, 5.74) is 0. The van der Waals surface area contributed by atoms with Crippen molar-refractivity contribution < 1.29 is 48.8 Å². The van der Waals surface area contributed by atoms with Crippen LogP contribution in [0.5, 0.6) is 0 Å². The molecule has 256 valence electrons. The van der Waals surface area contributed by atoms with Crippen LogP contribution in [0.2, 0.25) is 0 Å². The van der Waals surface area contributed by atoms with Gasteiger partial charge in [0.1, 0.15) is 18.5 Å². The van der Waals surface area contributed by atoms with E-state index in [0.29, 0.717) is 61.3 Å². The van der Waals surface area contributed by atoms with E-state index in [-0.39, 0.29) is 25.2 Å². The predicted molar refractivity (Wildman–Crippen MR) is 199 cm³/mol. The smallest absolute Gasteiger partial charge is 0.316 e. The Bertz CT molecular complexity index is 605. The molecule has 10 nitrogen and oxygen atoms in total. The average Bonchev–Trinajstić information content (AvgIpc) is 3.00. The fourth-order valence-electron chi connectivity index (χ4n) is 2.06. The van der Waals surface area contributed by atoms with E-state index in [1.807, 2.05) is 0 Å². The zero-order chi connectivity index (χ0) is 31.3. The molecule has 0 heterocycles. The summed E-state index contributed by atoms with van der Waals surface area (Å²) in [4.78, 5) is 43.8. The van der Waals surface area contributed by atoms with E-state index >= 15 is 0 Å². The highest BCUT2D eigenvalue weighted by Gasteiger charge is 2.04. The van der Waals surface area contributed by atoms with Gasteiger partial charge in [-0.2, -0.15) is 23.5 Å². The molecule has 0 atom stereocenters. The number of hydrogen-bond acceptors (Lipinski definition) is 20. The van der Waals surface area contributed by atoms with Crippen LogP contribution >= 0.6 is 118 Å². The van der Waals surface area contributed by atoms with Gasteiger partial charge >= 0.3 is 11.9 Å². The second-order valence-corrected chi connectivity index (χ2v) is 19.4. The van der Waals surface area contributed by atoms with Crippen LogP contribution in [0, 0.1) is 0 Å². The van der Waals surface area contributed by atoms with Crippen LogP contribution in [-0.4, -0.2) is 145 Å². The molecule has 0 unspecified atom stereocenters.